The molecule has 0 spiro atoms. The van der Waals surface area contributed by atoms with E-state index in [9.17, 15) is 4.79 Å². The quantitative estimate of drug-likeness (QED) is 0.436. The lowest BCUT2D eigenvalue weighted by Gasteiger charge is -2.03. The third kappa shape index (κ3) is 3.01. The normalized spacial score (nSPS) is 11.7. The predicted molar refractivity (Wildman–Crippen MR) is 96.1 cm³/mol. The number of amides is 1. The van der Waals surface area contributed by atoms with Crippen molar-refractivity contribution in [2.75, 3.05) is 5.73 Å². The van der Waals surface area contributed by atoms with Crippen LogP contribution < -0.4 is 11.2 Å². The van der Waals surface area contributed by atoms with Crippen molar-refractivity contribution in [3.63, 3.8) is 0 Å². The molecule has 3 aromatic rings. The third-order valence-corrected chi connectivity index (χ3v) is 3.88. The number of hydrogen-bond acceptors (Lipinski definition) is 4. The van der Waals surface area contributed by atoms with Gasteiger partial charge in [0.15, 0.2) is 5.76 Å². The van der Waals surface area contributed by atoms with Crippen molar-refractivity contribution >= 4 is 28.3 Å². The summed E-state index contributed by atoms with van der Waals surface area (Å²) >= 11 is 0. The minimum absolute atomic E-state index is 0.288. The Labute approximate surface area is 140 Å². The first kappa shape index (κ1) is 15.8. The zero-order valence-corrected chi connectivity index (χ0v) is 13.7. The van der Waals surface area contributed by atoms with Crippen LogP contribution in [0, 0.1) is 0 Å². The molecule has 5 heteroatoms. The van der Waals surface area contributed by atoms with Crippen molar-refractivity contribution in [1.82, 2.24) is 5.43 Å². The summed E-state index contributed by atoms with van der Waals surface area (Å²) in [6.07, 6.45) is 0.825. The summed E-state index contributed by atoms with van der Waals surface area (Å²) in [7, 11) is 0. The Morgan fingerprint density at radius 2 is 1.88 bits per heavy atom. The van der Waals surface area contributed by atoms with Gasteiger partial charge in [-0.15, -0.1) is 0 Å². The summed E-state index contributed by atoms with van der Waals surface area (Å²) in [4.78, 5) is 12.1. The monoisotopic (exact) mass is 321 g/mol. The van der Waals surface area contributed by atoms with Gasteiger partial charge in [0.25, 0.3) is 5.91 Å². The number of carbonyl (C=O) groups excluding carboxylic acids is 1. The van der Waals surface area contributed by atoms with Crippen LogP contribution in [-0.2, 0) is 6.42 Å². The lowest BCUT2D eigenvalue weighted by Crippen LogP contribution is -2.19. The Kier molecular flexibility index (Phi) is 4.33. The van der Waals surface area contributed by atoms with Crippen molar-refractivity contribution in [3.8, 4) is 0 Å². The highest BCUT2D eigenvalue weighted by Gasteiger charge is 2.15. The number of carbonyl (C=O) groups is 1. The van der Waals surface area contributed by atoms with Crippen LogP contribution >= 0.6 is 0 Å². The van der Waals surface area contributed by atoms with Crippen LogP contribution in [0.5, 0.6) is 0 Å². The second-order valence-corrected chi connectivity index (χ2v) is 5.52. The Morgan fingerprint density at radius 1 is 1.17 bits per heavy atom. The number of rotatable bonds is 4. The minimum atomic E-state index is -0.288. The van der Waals surface area contributed by atoms with E-state index in [0.29, 0.717) is 22.7 Å². The van der Waals surface area contributed by atoms with Crippen LogP contribution in [0.3, 0.4) is 0 Å². The summed E-state index contributed by atoms with van der Waals surface area (Å²) in [5.41, 5.74) is 11.8. The van der Waals surface area contributed by atoms with Crippen LogP contribution in [0.15, 0.2) is 58.0 Å². The van der Waals surface area contributed by atoms with Crippen molar-refractivity contribution in [2.45, 2.75) is 20.3 Å². The van der Waals surface area contributed by atoms with Gasteiger partial charge in [0.05, 0.1) is 0 Å². The zero-order valence-electron chi connectivity index (χ0n) is 13.7. The highest BCUT2D eigenvalue weighted by atomic mass is 16.3. The Hall–Kier alpha value is -3.08. The fourth-order valence-corrected chi connectivity index (χ4v) is 2.63. The Bertz CT molecular complexity index is 908. The number of nitrogens with two attached hydrogens (primary N) is 1. The first-order chi connectivity index (χ1) is 11.6. The largest absolute Gasteiger partial charge is 0.454 e. The topological polar surface area (TPSA) is 80.6 Å². The molecule has 0 saturated carbocycles. The van der Waals surface area contributed by atoms with Crippen LogP contribution in [0.4, 0.5) is 5.69 Å². The first-order valence-electron chi connectivity index (χ1n) is 7.81. The predicted octanol–water partition coefficient (Wildman–Crippen LogP) is 3.73. The molecule has 1 heterocycles. The maximum Gasteiger partial charge on any atom is 0.271 e. The van der Waals surface area contributed by atoms with Gasteiger partial charge in [0.1, 0.15) is 11.3 Å². The SMILES string of the molecule is CCc1c(/C(C)=N\NC(=O)c2ccc(N)cc2)oc2ccccc12. The molecule has 0 atom stereocenters. The number of nitrogens with zero attached hydrogens (tertiary/aromatic N) is 1. The van der Waals surface area contributed by atoms with E-state index in [0.717, 1.165) is 23.0 Å². The molecular formula is C19H19N3O2. The molecule has 0 saturated heterocycles. The molecule has 0 aliphatic rings. The molecule has 0 fully saturated rings. The summed E-state index contributed by atoms with van der Waals surface area (Å²) < 4.78 is 5.91. The van der Waals surface area contributed by atoms with E-state index < -0.39 is 0 Å². The number of aryl methyl sites for hydroxylation is 1. The second kappa shape index (κ2) is 6.58. The molecule has 5 nitrogen and oxygen atoms in total. The lowest BCUT2D eigenvalue weighted by molar-refractivity contribution is 0.0955. The molecule has 3 rings (SSSR count). The van der Waals surface area contributed by atoms with Gasteiger partial charge < -0.3 is 10.2 Å². The van der Waals surface area contributed by atoms with Crippen molar-refractivity contribution in [3.05, 3.63) is 65.4 Å². The molecular weight excluding hydrogens is 302 g/mol. The van der Waals surface area contributed by atoms with Crippen LogP contribution in [0.1, 0.15) is 35.5 Å². The van der Waals surface area contributed by atoms with Crippen molar-refractivity contribution in [2.24, 2.45) is 5.10 Å². The Balaban J connectivity index is 1.86. The second-order valence-electron chi connectivity index (χ2n) is 5.52. The molecule has 0 radical (unpaired) electrons. The van der Waals surface area contributed by atoms with Gasteiger partial charge in [0.2, 0.25) is 0 Å². The van der Waals surface area contributed by atoms with Crippen LogP contribution in [-0.4, -0.2) is 11.6 Å². The highest BCUT2D eigenvalue weighted by Crippen LogP contribution is 2.26. The summed E-state index contributed by atoms with van der Waals surface area (Å²) in [5, 5.41) is 5.27. The molecule has 122 valence electrons. The van der Waals surface area contributed by atoms with E-state index >= 15 is 0 Å². The molecule has 3 N–H and O–H groups in total. The number of anilines is 1. The zero-order chi connectivity index (χ0) is 17.1. The molecule has 1 aromatic heterocycles. The molecule has 0 aliphatic heterocycles. The van der Waals surface area contributed by atoms with Gasteiger partial charge in [-0.1, -0.05) is 25.1 Å². The summed E-state index contributed by atoms with van der Waals surface area (Å²) in [6.45, 7) is 3.89. The summed E-state index contributed by atoms with van der Waals surface area (Å²) in [6, 6.07) is 14.6. The number of nitrogens with one attached hydrogen (secondary N) is 1. The number of hydrazone groups is 1. The highest BCUT2D eigenvalue weighted by molar-refractivity contribution is 6.03. The van der Waals surface area contributed by atoms with E-state index in [1.54, 1.807) is 24.3 Å². The van der Waals surface area contributed by atoms with E-state index in [-0.39, 0.29) is 5.91 Å². The fraction of sp³-hybridized carbons (Fsp3) is 0.158. The standard InChI is InChI=1S/C19H19N3O2/c1-3-15-16-6-4-5-7-17(16)24-18(15)12(2)21-22-19(23)13-8-10-14(20)11-9-13/h4-11H,3,20H2,1-2H3,(H,22,23)/b21-12-. The molecule has 0 aliphatic carbocycles. The Morgan fingerprint density at radius 3 is 2.58 bits per heavy atom. The number of furan rings is 1. The number of nitrogen functional groups attached to an aromatic ring is 1. The molecule has 1 amide bonds. The minimum Gasteiger partial charge on any atom is -0.454 e. The van der Waals surface area contributed by atoms with Crippen LogP contribution in [0.25, 0.3) is 11.0 Å². The van der Waals surface area contributed by atoms with E-state index in [1.807, 2.05) is 31.2 Å². The van der Waals surface area contributed by atoms with Crippen molar-refractivity contribution < 1.29 is 9.21 Å². The van der Waals surface area contributed by atoms with Crippen LogP contribution in [0.2, 0.25) is 0 Å². The smallest absolute Gasteiger partial charge is 0.271 e. The average Bonchev–Trinajstić information content (AvgIpc) is 2.98. The van der Waals surface area contributed by atoms with Gasteiger partial charge in [0, 0.05) is 22.2 Å². The van der Waals surface area contributed by atoms with E-state index in [4.69, 9.17) is 10.2 Å². The maximum atomic E-state index is 12.1. The van der Waals surface area contributed by atoms with Crippen molar-refractivity contribution in [1.29, 1.82) is 0 Å². The van der Waals surface area contributed by atoms with E-state index in [2.05, 4.69) is 17.5 Å². The molecule has 2 aromatic carbocycles. The van der Waals surface area contributed by atoms with Gasteiger partial charge in [-0.25, -0.2) is 5.43 Å². The molecule has 0 unspecified atom stereocenters. The van der Waals surface area contributed by atoms with Gasteiger partial charge in [-0.3, -0.25) is 4.79 Å². The number of hydrogen-bond donors (Lipinski definition) is 2. The average molecular weight is 321 g/mol. The molecule has 0 bridgehead atoms. The number of fused-ring (bicyclic) bond motifs is 1. The number of para-hydroxylation sites is 1. The number of benzene rings is 2. The fourth-order valence-electron chi connectivity index (χ4n) is 2.63. The van der Waals surface area contributed by atoms with Gasteiger partial charge in [-0.2, -0.15) is 5.10 Å². The van der Waals surface area contributed by atoms with Gasteiger partial charge in [-0.05, 0) is 43.7 Å². The molecule has 24 heavy (non-hydrogen) atoms. The van der Waals surface area contributed by atoms with E-state index in [1.165, 1.54) is 0 Å². The van der Waals surface area contributed by atoms with Gasteiger partial charge >= 0.3 is 0 Å². The first-order valence-corrected chi connectivity index (χ1v) is 7.81. The maximum absolute atomic E-state index is 12.1. The third-order valence-electron chi connectivity index (χ3n) is 3.88. The summed E-state index contributed by atoms with van der Waals surface area (Å²) in [5.74, 6) is 0.416. The lowest BCUT2D eigenvalue weighted by atomic mass is 10.1.